The van der Waals surface area contributed by atoms with E-state index in [1.807, 2.05) is 6.92 Å². The topological polar surface area (TPSA) is 49.4 Å². The predicted octanol–water partition coefficient (Wildman–Crippen LogP) is 2.97. The minimum absolute atomic E-state index is 0.308. The average Bonchev–Trinajstić information content (AvgIpc) is 2.97. The van der Waals surface area contributed by atoms with E-state index in [9.17, 15) is 8.42 Å². The first-order valence-electron chi connectivity index (χ1n) is 7.46. The van der Waals surface area contributed by atoms with E-state index >= 15 is 0 Å². The zero-order valence-electron chi connectivity index (χ0n) is 12.1. The molecule has 4 nitrogen and oxygen atoms in total. The molecule has 1 N–H and O–H groups in total. The molecule has 1 aromatic heterocycles. The molecule has 0 radical (unpaired) electrons. The highest BCUT2D eigenvalue weighted by molar-refractivity contribution is 9.11. The normalized spacial score (nSPS) is 23.1. The minimum Gasteiger partial charge on any atom is -0.313 e. The Kier molecular flexibility index (Phi) is 4.76. The van der Waals surface area contributed by atoms with Crippen molar-refractivity contribution in [1.29, 1.82) is 0 Å². The zero-order chi connectivity index (χ0) is 15.0. The van der Waals surface area contributed by atoms with Crippen molar-refractivity contribution in [3.05, 3.63) is 15.4 Å². The second-order valence-electron chi connectivity index (χ2n) is 6.08. The van der Waals surface area contributed by atoms with E-state index in [2.05, 4.69) is 21.2 Å². The van der Waals surface area contributed by atoms with Crippen LogP contribution in [0.4, 0.5) is 0 Å². The number of rotatable bonds is 6. The third-order valence-electron chi connectivity index (χ3n) is 4.17. The van der Waals surface area contributed by atoms with Crippen molar-refractivity contribution in [2.45, 2.75) is 42.9 Å². The van der Waals surface area contributed by atoms with Crippen molar-refractivity contribution >= 4 is 37.3 Å². The fraction of sp³-hybridized carbons (Fsp3) is 0.714. The second-order valence-corrected chi connectivity index (χ2v) is 10.6. The molecule has 3 rings (SSSR count). The van der Waals surface area contributed by atoms with Crippen molar-refractivity contribution < 1.29 is 8.42 Å². The third kappa shape index (κ3) is 3.69. The second kappa shape index (κ2) is 6.28. The standard InChI is InChI=1S/C14H21BrN2O2S2/c1-10-7-13(20-14(10)15)21(18,19)17(8-11-4-5-11)9-12-3-2-6-16-12/h7,11-12,16H,2-6,8-9H2,1H3. The number of aryl methyl sites for hydroxylation is 1. The lowest BCUT2D eigenvalue weighted by Crippen LogP contribution is -2.41. The Labute approximate surface area is 139 Å². The Morgan fingerprint density at radius 2 is 2.14 bits per heavy atom. The monoisotopic (exact) mass is 392 g/mol. The molecule has 2 aliphatic rings. The molecule has 0 amide bonds. The number of nitrogens with zero attached hydrogens (tertiary/aromatic N) is 1. The molecule has 1 aliphatic heterocycles. The fourth-order valence-electron chi connectivity index (χ4n) is 2.70. The Balaban J connectivity index is 1.82. The van der Waals surface area contributed by atoms with Crippen LogP contribution in [-0.4, -0.2) is 38.4 Å². The lowest BCUT2D eigenvalue weighted by atomic mass is 10.2. The summed E-state index contributed by atoms with van der Waals surface area (Å²) in [7, 11) is -3.36. The molecule has 1 aromatic rings. The van der Waals surface area contributed by atoms with Crippen LogP contribution < -0.4 is 5.32 Å². The molecule has 0 bridgehead atoms. The van der Waals surface area contributed by atoms with Crippen molar-refractivity contribution in [2.24, 2.45) is 5.92 Å². The van der Waals surface area contributed by atoms with Crippen LogP contribution in [0.25, 0.3) is 0 Å². The maximum absolute atomic E-state index is 12.9. The Morgan fingerprint density at radius 3 is 2.67 bits per heavy atom. The Hall–Kier alpha value is 0.0500. The number of thiophene rings is 1. The molecule has 1 atom stereocenters. The molecule has 1 unspecified atom stereocenters. The van der Waals surface area contributed by atoms with Gasteiger partial charge < -0.3 is 5.32 Å². The third-order valence-corrected chi connectivity index (χ3v) is 8.59. The molecule has 118 valence electrons. The molecule has 1 saturated carbocycles. The number of hydrogen-bond donors (Lipinski definition) is 1. The Morgan fingerprint density at radius 1 is 1.38 bits per heavy atom. The van der Waals surface area contributed by atoms with Gasteiger partial charge in [-0.3, -0.25) is 0 Å². The lowest BCUT2D eigenvalue weighted by molar-refractivity contribution is 0.359. The SMILES string of the molecule is Cc1cc(S(=O)(=O)N(CC2CC2)CC2CCCN2)sc1Br. The number of halogens is 1. The smallest absolute Gasteiger partial charge is 0.252 e. The molecule has 2 fully saturated rings. The van der Waals surface area contributed by atoms with Gasteiger partial charge in [-0.1, -0.05) is 0 Å². The van der Waals surface area contributed by atoms with Crippen LogP contribution in [-0.2, 0) is 10.0 Å². The van der Waals surface area contributed by atoms with Gasteiger partial charge in [-0.2, -0.15) is 4.31 Å². The van der Waals surface area contributed by atoms with Gasteiger partial charge in [0.2, 0.25) is 0 Å². The van der Waals surface area contributed by atoms with Crippen molar-refractivity contribution in [3.63, 3.8) is 0 Å². The quantitative estimate of drug-likeness (QED) is 0.809. The molecule has 2 heterocycles. The van der Waals surface area contributed by atoms with E-state index < -0.39 is 10.0 Å². The van der Waals surface area contributed by atoms with Gasteiger partial charge in [-0.05, 0) is 72.6 Å². The Bertz CT molecular complexity index is 585. The summed E-state index contributed by atoms with van der Waals surface area (Å²) in [4.78, 5) is 0. The summed E-state index contributed by atoms with van der Waals surface area (Å²) in [6, 6.07) is 2.09. The fourth-order valence-corrected chi connectivity index (χ4v) is 6.65. The summed E-state index contributed by atoms with van der Waals surface area (Å²) in [6.45, 7) is 4.22. The number of hydrogen-bond acceptors (Lipinski definition) is 4. The summed E-state index contributed by atoms with van der Waals surface area (Å²) >= 11 is 4.75. The average molecular weight is 393 g/mol. The molecular formula is C14H21BrN2O2S2. The first kappa shape index (κ1) is 15.9. The van der Waals surface area contributed by atoms with Gasteiger partial charge in [-0.15, -0.1) is 11.3 Å². The summed E-state index contributed by atoms with van der Waals surface area (Å²) in [5, 5.41) is 3.41. The first-order chi connectivity index (χ1) is 9.96. The van der Waals surface area contributed by atoms with E-state index in [0.29, 0.717) is 29.3 Å². The maximum Gasteiger partial charge on any atom is 0.252 e. The number of sulfonamides is 1. The van der Waals surface area contributed by atoms with Gasteiger partial charge in [0, 0.05) is 19.1 Å². The molecule has 1 aliphatic carbocycles. The van der Waals surface area contributed by atoms with E-state index in [-0.39, 0.29) is 0 Å². The first-order valence-corrected chi connectivity index (χ1v) is 10.5. The van der Waals surface area contributed by atoms with Crippen molar-refractivity contribution in [2.75, 3.05) is 19.6 Å². The van der Waals surface area contributed by atoms with Gasteiger partial charge >= 0.3 is 0 Å². The van der Waals surface area contributed by atoms with Crippen molar-refractivity contribution in [1.82, 2.24) is 9.62 Å². The van der Waals surface area contributed by atoms with Gasteiger partial charge in [-0.25, -0.2) is 8.42 Å². The highest BCUT2D eigenvalue weighted by Gasteiger charge is 2.34. The summed E-state index contributed by atoms with van der Waals surface area (Å²) in [5.74, 6) is 0.561. The van der Waals surface area contributed by atoms with Crippen LogP contribution in [0.2, 0.25) is 0 Å². The van der Waals surface area contributed by atoms with Crippen LogP contribution in [0.5, 0.6) is 0 Å². The largest absolute Gasteiger partial charge is 0.313 e. The van der Waals surface area contributed by atoms with E-state index in [0.717, 1.165) is 41.6 Å². The molecular weight excluding hydrogens is 372 g/mol. The summed E-state index contributed by atoms with van der Waals surface area (Å²) in [5.41, 5.74) is 0.990. The van der Waals surface area contributed by atoms with Crippen LogP contribution >= 0.6 is 27.3 Å². The summed E-state index contributed by atoms with van der Waals surface area (Å²) in [6.07, 6.45) is 4.55. The van der Waals surface area contributed by atoms with E-state index in [1.165, 1.54) is 11.3 Å². The van der Waals surface area contributed by atoms with Gasteiger partial charge in [0.25, 0.3) is 10.0 Å². The summed E-state index contributed by atoms with van der Waals surface area (Å²) < 4.78 is 29.0. The van der Waals surface area contributed by atoms with Crippen LogP contribution in [0.1, 0.15) is 31.2 Å². The van der Waals surface area contributed by atoms with Crippen LogP contribution in [0.15, 0.2) is 14.1 Å². The molecule has 7 heteroatoms. The molecule has 21 heavy (non-hydrogen) atoms. The van der Waals surface area contributed by atoms with Crippen molar-refractivity contribution in [3.8, 4) is 0 Å². The lowest BCUT2D eigenvalue weighted by Gasteiger charge is -2.24. The highest BCUT2D eigenvalue weighted by Crippen LogP contribution is 2.35. The minimum atomic E-state index is -3.36. The molecule has 0 aromatic carbocycles. The molecule has 0 spiro atoms. The highest BCUT2D eigenvalue weighted by atomic mass is 79.9. The van der Waals surface area contributed by atoms with E-state index in [1.54, 1.807) is 10.4 Å². The maximum atomic E-state index is 12.9. The number of nitrogens with one attached hydrogen (secondary N) is 1. The van der Waals surface area contributed by atoms with Crippen LogP contribution in [0.3, 0.4) is 0 Å². The van der Waals surface area contributed by atoms with E-state index in [4.69, 9.17) is 0 Å². The van der Waals surface area contributed by atoms with Gasteiger partial charge in [0.15, 0.2) is 0 Å². The predicted molar refractivity (Wildman–Crippen MR) is 89.3 cm³/mol. The van der Waals surface area contributed by atoms with Crippen LogP contribution in [0, 0.1) is 12.8 Å². The van der Waals surface area contributed by atoms with Gasteiger partial charge in [0.1, 0.15) is 4.21 Å². The zero-order valence-corrected chi connectivity index (χ0v) is 15.4. The molecule has 1 saturated heterocycles. The van der Waals surface area contributed by atoms with Gasteiger partial charge in [0.05, 0.1) is 3.79 Å².